The van der Waals surface area contributed by atoms with Crippen molar-refractivity contribution in [3.8, 4) is 5.75 Å². The fourth-order valence-corrected chi connectivity index (χ4v) is 4.11. The summed E-state index contributed by atoms with van der Waals surface area (Å²) in [6.45, 7) is 2.05. The Labute approximate surface area is 197 Å². The van der Waals surface area contributed by atoms with Crippen molar-refractivity contribution in [2.24, 2.45) is 5.92 Å². The highest BCUT2D eigenvalue weighted by atomic mass is 19.4. The molecule has 2 aromatic rings. The number of anilines is 1. The minimum Gasteiger partial charge on any atom is -0.493 e. The van der Waals surface area contributed by atoms with Gasteiger partial charge in [0.1, 0.15) is 18.4 Å². The number of aromatic nitrogens is 1. The molecule has 1 aliphatic rings. The second-order valence-electron chi connectivity index (χ2n) is 8.77. The fraction of sp³-hybridized carbons (Fsp3) is 0.478. The van der Waals surface area contributed by atoms with Crippen LogP contribution in [0, 0.1) is 17.6 Å². The molecule has 1 aromatic carbocycles. The van der Waals surface area contributed by atoms with Crippen LogP contribution in [0.15, 0.2) is 30.5 Å². The van der Waals surface area contributed by atoms with Gasteiger partial charge in [0.15, 0.2) is 17.2 Å². The van der Waals surface area contributed by atoms with E-state index >= 15 is 0 Å². The molecule has 3 rings (SSSR count). The molecule has 1 fully saturated rings. The molecule has 12 heteroatoms. The lowest BCUT2D eigenvalue weighted by Crippen LogP contribution is -2.47. The van der Waals surface area contributed by atoms with Gasteiger partial charge < -0.3 is 19.9 Å². The number of carbonyl (C=O) groups excluding carboxylic acids is 1. The van der Waals surface area contributed by atoms with Crippen LogP contribution in [0.2, 0.25) is 0 Å². The second-order valence-corrected chi connectivity index (χ2v) is 8.77. The minimum atomic E-state index is -4.90. The molecule has 0 saturated carbocycles. The van der Waals surface area contributed by atoms with E-state index in [4.69, 9.17) is 9.47 Å². The van der Waals surface area contributed by atoms with Crippen LogP contribution in [0.1, 0.15) is 37.9 Å². The van der Waals surface area contributed by atoms with Crippen LogP contribution in [0.25, 0.3) is 0 Å². The zero-order valence-electron chi connectivity index (χ0n) is 19.2. The van der Waals surface area contributed by atoms with Crippen LogP contribution in [0.4, 0.5) is 32.0 Å². The number of halogens is 6. The fourth-order valence-electron chi connectivity index (χ4n) is 4.11. The van der Waals surface area contributed by atoms with Crippen LogP contribution in [-0.4, -0.2) is 47.7 Å². The van der Waals surface area contributed by atoms with E-state index in [0.717, 1.165) is 32.4 Å². The molecule has 5 atom stereocenters. The summed E-state index contributed by atoms with van der Waals surface area (Å²) in [5.41, 5.74) is -4.83. The summed E-state index contributed by atoms with van der Waals surface area (Å²) >= 11 is 0. The lowest BCUT2D eigenvalue weighted by Gasteiger charge is -2.32. The molecule has 0 unspecified atom stereocenters. The first-order chi connectivity index (χ1) is 16.2. The molecule has 1 aliphatic heterocycles. The number of nitrogens with zero attached hydrogens (tertiary/aromatic N) is 1. The number of pyridine rings is 1. The summed E-state index contributed by atoms with van der Waals surface area (Å²) in [6, 6.07) is 4.30. The Morgan fingerprint density at radius 1 is 1.26 bits per heavy atom. The molecule has 35 heavy (non-hydrogen) atoms. The van der Waals surface area contributed by atoms with E-state index in [-0.39, 0.29) is 16.9 Å². The number of nitrogens with one attached hydrogen (secondary N) is 1. The van der Waals surface area contributed by atoms with Crippen molar-refractivity contribution >= 4 is 11.6 Å². The zero-order valence-corrected chi connectivity index (χ0v) is 19.2. The van der Waals surface area contributed by atoms with Crippen LogP contribution in [0.5, 0.6) is 5.75 Å². The van der Waals surface area contributed by atoms with Crippen LogP contribution in [-0.2, 0) is 15.1 Å². The molecular formula is C23H24F6N2O4. The van der Waals surface area contributed by atoms with E-state index in [1.165, 1.54) is 26.0 Å². The van der Waals surface area contributed by atoms with E-state index in [1.54, 1.807) is 0 Å². The van der Waals surface area contributed by atoms with E-state index in [9.17, 15) is 36.2 Å². The third kappa shape index (κ3) is 4.68. The first kappa shape index (κ1) is 26.7. The monoisotopic (exact) mass is 506 g/mol. The van der Waals surface area contributed by atoms with Gasteiger partial charge in [0, 0.05) is 17.4 Å². The van der Waals surface area contributed by atoms with Crippen molar-refractivity contribution in [2.75, 3.05) is 19.1 Å². The summed E-state index contributed by atoms with van der Waals surface area (Å²) in [5, 5.41) is 12.3. The molecule has 0 aliphatic carbocycles. The normalized spacial score (nSPS) is 26.3. The molecule has 192 valence electrons. The van der Waals surface area contributed by atoms with Gasteiger partial charge in [0.25, 0.3) is 5.91 Å². The van der Waals surface area contributed by atoms with Gasteiger partial charge in [-0.1, -0.05) is 13.0 Å². The number of hydrogen-bond donors (Lipinski definition) is 2. The number of carbonyl (C=O) groups is 1. The largest absolute Gasteiger partial charge is 0.493 e. The Hall–Kier alpha value is -2.86. The van der Waals surface area contributed by atoms with Crippen molar-refractivity contribution in [1.29, 1.82) is 0 Å². The average molecular weight is 506 g/mol. The molecule has 1 saturated heterocycles. The maximum Gasteiger partial charge on any atom is 0.417 e. The number of ether oxygens (including phenoxy) is 2. The number of amides is 1. The van der Waals surface area contributed by atoms with E-state index in [1.807, 2.05) is 0 Å². The first-order valence-electron chi connectivity index (χ1n) is 10.5. The van der Waals surface area contributed by atoms with E-state index < -0.39 is 65.3 Å². The van der Waals surface area contributed by atoms with Gasteiger partial charge in [0.2, 0.25) is 5.82 Å². The van der Waals surface area contributed by atoms with Crippen molar-refractivity contribution < 1.29 is 45.7 Å². The van der Waals surface area contributed by atoms with Gasteiger partial charge in [-0.2, -0.15) is 17.6 Å². The van der Waals surface area contributed by atoms with Gasteiger partial charge in [-0.15, -0.1) is 0 Å². The van der Waals surface area contributed by atoms with Gasteiger partial charge >= 0.3 is 6.18 Å². The molecule has 1 aromatic heterocycles. The SMILES string of the molecule is COc1c([C@H]2[C@H](C(=O)Nc3ccc([C@@](C)(O)CF)nc3)O[C@@](C)(C(F)(F)F)[C@H]2C)ccc(F)c1F. The number of rotatable bonds is 6. The highest BCUT2D eigenvalue weighted by Crippen LogP contribution is 2.55. The summed E-state index contributed by atoms with van der Waals surface area (Å²) in [6.07, 6.45) is -5.58. The second kappa shape index (κ2) is 9.30. The van der Waals surface area contributed by atoms with E-state index in [0.29, 0.717) is 0 Å². The molecule has 0 spiro atoms. The summed E-state index contributed by atoms with van der Waals surface area (Å²) in [4.78, 5) is 17.0. The molecule has 1 amide bonds. The number of hydrogen-bond acceptors (Lipinski definition) is 5. The van der Waals surface area contributed by atoms with Crippen LogP contribution < -0.4 is 10.1 Å². The molecular weight excluding hydrogens is 482 g/mol. The lowest BCUT2D eigenvalue weighted by molar-refractivity contribution is -0.272. The van der Waals surface area contributed by atoms with Gasteiger partial charge in [-0.3, -0.25) is 9.78 Å². The van der Waals surface area contributed by atoms with Crippen molar-refractivity contribution in [2.45, 2.75) is 50.2 Å². The Bertz CT molecular complexity index is 1090. The standard InChI is InChI=1S/C23H24F6N2O4/c1-11-16(13-6-7-14(25)17(26)18(13)34-4)19(35-22(11,3)23(27,28)29)20(32)31-12-5-8-15(30-9-12)21(2,33)10-24/h5-9,11,16,19,33H,10H2,1-4H3,(H,31,32)/t11-,16-,19+,21-,22+/m0/s1. The Kier molecular flexibility index (Phi) is 7.11. The highest BCUT2D eigenvalue weighted by molar-refractivity contribution is 5.95. The number of alkyl halides is 4. The zero-order chi connectivity index (χ0) is 26.3. The maximum atomic E-state index is 14.4. The van der Waals surface area contributed by atoms with Crippen molar-refractivity contribution in [3.63, 3.8) is 0 Å². The smallest absolute Gasteiger partial charge is 0.417 e. The molecule has 6 nitrogen and oxygen atoms in total. The summed E-state index contributed by atoms with van der Waals surface area (Å²) in [5.74, 6) is -7.09. The van der Waals surface area contributed by atoms with Gasteiger partial charge in [-0.05, 0) is 32.0 Å². The van der Waals surface area contributed by atoms with E-state index in [2.05, 4.69) is 10.3 Å². The predicted octanol–water partition coefficient (Wildman–Crippen LogP) is 4.62. The van der Waals surface area contributed by atoms with Gasteiger partial charge in [-0.25, -0.2) is 8.78 Å². The number of benzene rings is 1. The topological polar surface area (TPSA) is 80.7 Å². The molecule has 0 bridgehead atoms. The highest BCUT2D eigenvalue weighted by Gasteiger charge is 2.65. The van der Waals surface area contributed by atoms with Crippen LogP contribution >= 0.6 is 0 Å². The van der Waals surface area contributed by atoms with Gasteiger partial charge in [0.05, 0.1) is 24.7 Å². The average Bonchev–Trinajstić information content (AvgIpc) is 3.08. The molecule has 0 radical (unpaired) electrons. The Morgan fingerprint density at radius 2 is 1.91 bits per heavy atom. The van der Waals surface area contributed by atoms with Crippen LogP contribution in [0.3, 0.4) is 0 Å². The van der Waals surface area contributed by atoms with Crippen molar-refractivity contribution in [3.05, 3.63) is 53.4 Å². The number of methoxy groups -OCH3 is 1. The minimum absolute atomic E-state index is 0.0290. The maximum absolute atomic E-state index is 14.4. The first-order valence-corrected chi connectivity index (χ1v) is 10.5. The Morgan fingerprint density at radius 3 is 2.43 bits per heavy atom. The lowest BCUT2D eigenvalue weighted by atomic mass is 9.77. The third-order valence-electron chi connectivity index (χ3n) is 6.41. The summed E-state index contributed by atoms with van der Waals surface area (Å²) < 4.78 is 93.3. The third-order valence-corrected chi connectivity index (χ3v) is 6.41. The van der Waals surface area contributed by atoms with Crippen molar-refractivity contribution in [1.82, 2.24) is 4.98 Å². The quantitative estimate of drug-likeness (QED) is 0.559. The molecule has 2 heterocycles. The summed E-state index contributed by atoms with van der Waals surface area (Å²) in [7, 11) is 1.03. The predicted molar refractivity (Wildman–Crippen MR) is 113 cm³/mol. The Balaban J connectivity index is 2.01. The number of aliphatic hydroxyl groups is 1. The molecule has 2 N–H and O–H groups in total.